The molecule has 3 heterocycles. The van der Waals surface area contributed by atoms with E-state index in [2.05, 4.69) is 31.4 Å². The van der Waals surface area contributed by atoms with E-state index >= 15 is 0 Å². The number of carbonyl (C=O) groups is 1. The average Bonchev–Trinajstić information content (AvgIpc) is 3.26. The maximum Gasteiger partial charge on any atom is 0.287 e. The highest BCUT2D eigenvalue weighted by atomic mass is 79.9. The number of nitrogens with one attached hydrogen (secondary N) is 1. The molecule has 0 fully saturated rings. The fourth-order valence-corrected chi connectivity index (χ4v) is 2.55. The molecule has 1 N–H and O–H groups in total. The van der Waals surface area contributed by atoms with Gasteiger partial charge in [-0.05, 0) is 41.1 Å². The van der Waals surface area contributed by atoms with Crippen LogP contribution in [-0.4, -0.2) is 25.5 Å². The van der Waals surface area contributed by atoms with Crippen LogP contribution in [0.3, 0.4) is 0 Å². The molecule has 8 heteroatoms. The first kappa shape index (κ1) is 15.5. The van der Waals surface area contributed by atoms with Crippen molar-refractivity contribution in [2.75, 3.05) is 0 Å². The molecule has 7 nitrogen and oxygen atoms in total. The van der Waals surface area contributed by atoms with E-state index in [0.29, 0.717) is 18.8 Å². The number of nitrogens with zero attached hydrogens (tertiary/aromatic N) is 4. The largest absolute Gasteiger partial charge is 0.454 e. The Morgan fingerprint density at radius 3 is 2.96 bits per heavy atom. The number of aromatic nitrogens is 4. The number of furan rings is 1. The van der Waals surface area contributed by atoms with Crippen LogP contribution in [0.5, 0.6) is 0 Å². The molecule has 0 saturated heterocycles. The summed E-state index contributed by atoms with van der Waals surface area (Å²) in [6, 6.07) is 5.33. The quantitative estimate of drug-likeness (QED) is 0.715. The van der Waals surface area contributed by atoms with Crippen LogP contribution in [0.2, 0.25) is 0 Å². The van der Waals surface area contributed by atoms with Crippen LogP contribution in [-0.2, 0) is 19.6 Å². The van der Waals surface area contributed by atoms with Gasteiger partial charge in [-0.3, -0.25) is 14.2 Å². The van der Waals surface area contributed by atoms with Gasteiger partial charge in [-0.25, -0.2) is 0 Å². The number of hydrogen-bond acceptors (Lipinski definition) is 4. The van der Waals surface area contributed by atoms with Gasteiger partial charge in [-0.1, -0.05) is 0 Å². The molecule has 3 rings (SSSR count). The van der Waals surface area contributed by atoms with Gasteiger partial charge in [0.2, 0.25) is 0 Å². The number of halogens is 1. The molecule has 120 valence electrons. The Labute approximate surface area is 141 Å². The van der Waals surface area contributed by atoms with Crippen molar-refractivity contribution in [1.82, 2.24) is 24.9 Å². The summed E-state index contributed by atoms with van der Waals surface area (Å²) in [5.41, 5.74) is 0.953. The Hall–Kier alpha value is -2.35. The second-order valence-corrected chi connectivity index (χ2v) is 5.86. The van der Waals surface area contributed by atoms with E-state index in [9.17, 15) is 4.79 Å². The Morgan fingerprint density at radius 2 is 2.22 bits per heavy atom. The number of rotatable bonds is 6. The standard InChI is InChI=1S/C15H16BrN5O2/c1-2-21-12(5-6-18-21)8-17-15(22)14-4-3-13(23-14)10-20-9-11(16)7-19-20/h3-7,9H,2,8,10H2,1H3,(H,17,22). The first-order valence-electron chi connectivity index (χ1n) is 7.21. The minimum absolute atomic E-state index is 0.248. The van der Waals surface area contributed by atoms with E-state index in [1.807, 2.05) is 23.9 Å². The Kier molecular flexibility index (Phi) is 4.61. The summed E-state index contributed by atoms with van der Waals surface area (Å²) in [5, 5.41) is 11.2. The van der Waals surface area contributed by atoms with E-state index in [4.69, 9.17) is 4.42 Å². The Morgan fingerprint density at radius 1 is 1.35 bits per heavy atom. The van der Waals surface area contributed by atoms with E-state index in [-0.39, 0.29) is 11.7 Å². The molecule has 0 aliphatic heterocycles. The van der Waals surface area contributed by atoms with Gasteiger partial charge in [-0.2, -0.15) is 10.2 Å². The third-order valence-corrected chi connectivity index (χ3v) is 3.75. The summed E-state index contributed by atoms with van der Waals surface area (Å²) < 4.78 is 10.0. The van der Waals surface area contributed by atoms with Crippen LogP contribution in [0.25, 0.3) is 0 Å². The van der Waals surface area contributed by atoms with Crippen LogP contribution in [0.4, 0.5) is 0 Å². The monoisotopic (exact) mass is 377 g/mol. The lowest BCUT2D eigenvalue weighted by Crippen LogP contribution is -2.24. The van der Waals surface area contributed by atoms with E-state index < -0.39 is 0 Å². The summed E-state index contributed by atoms with van der Waals surface area (Å²) in [5.74, 6) is 0.708. The van der Waals surface area contributed by atoms with Gasteiger partial charge >= 0.3 is 0 Å². The average molecular weight is 378 g/mol. The molecule has 0 aromatic carbocycles. The normalized spacial score (nSPS) is 10.9. The van der Waals surface area contributed by atoms with Crippen molar-refractivity contribution in [3.63, 3.8) is 0 Å². The molecule has 0 spiro atoms. The van der Waals surface area contributed by atoms with Crippen molar-refractivity contribution in [2.45, 2.75) is 26.6 Å². The lowest BCUT2D eigenvalue weighted by Gasteiger charge is -2.05. The Balaban J connectivity index is 1.60. The number of hydrogen-bond donors (Lipinski definition) is 1. The molecular weight excluding hydrogens is 362 g/mol. The fraction of sp³-hybridized carbons (Fsp3) is 0.267. The number of aryl methyl sites for hydroxylation is 1. The van der Waals surface area contributed by atoms with Gasteiger partial charge in [0, 0.05) is 18.9 Å². The van der Waals surface area contributed by atoms with Crippen molar-refractivity contribution in [3.8, 4) is 0 Å². The highest BCUT2D eigenvalue weighted by Gasteiger charge is 2.12. The predicted octanol–water partition coefficient (Wildman–Crippen LogP) is 2.43. The third-order valence-electron chi connectivity index (χ3n) is 3.34. The summed E-state index contributed by atoms with van der Waals surface area (Å²) in [7, 11) is 0. The van der Waals surface area contributed by atoms with Gasteiger partial charge < -0.3 is 9.73 Å². The van der Waals surface area contributed by atoms with Crippen molar-refractivity contribution < 1.29 is 9.21 Å². The first-order valence-corrected chi connectivity index (χ1v) is 8.00. The van der Waals surface area contributed by atoms with Gasteiger partial charge in [-0.15, -0.1) is 0 Å². The van der Waals surface area contributed by atoms with E-state index in [1.54, 1.807) is 29.2 Å². The first-order chi connectivity index (χ1) is 11.2. The maximum absolute atomic E-state index is 12.1. The zero-order valence-electron chi connectivity index (χ0n) is 12.6. The number of carbonyl (C=O) groups excluding carboxylic acids is 1. The molecule has 0 aliphatic carbocycles. The Bertz CT molecular complexity index is 804. The summed E-state index contributed by atoms with van der Waals surface area (Å²) in [6.07, 6.45) is 5.26. The van der Waals surface area contributed by atoms with Gasteiger partial charge in [0.25, 0.3) is 5.91 Å². The molecule has 1 amide bonds. The van der Waals surface area contributed by atoms with Crippen molar-refractivity contribution in [3.05, 3.63) is 58.5 Å². The lowest BCUT2D eigenvalue weighted by molar-refractivity contribution is 0.0920. The van der Waals surface area contributed by atoms with Crippen molar-refractivity contribution >= 4 is 21.8 Å². The van der Waals surface area contributed by atoms with E-state index in [0.717, 1.165) is 16.7 Å². The fourth-order valence-electron chi connectivity index (χ4n) is 2.22. The van der Waals surface area contributed by atoms with Crippen LogP contribution >= 0.6 is 15.9 Å². The summed E-state index contributed by atoms with van der Waals surface area (Å²) >= 11 is 3.34. The number of amides is 1. The second kappa shape index (κ2) is 6.82. The van der Waals surface area contributed by atoms with Crippen LogP contribution in [0.15, 0.2) is 45.7 Å². The minimum Gasteiger partial charge on any atom is -0.454 e. The molecule has 0 unspecified atom stereocenters. The topological polar surface area (TPSA) is 77.9 Å². The maximum atomic E-state index is 12.1. The van der Waals surface area contributed by atoms with E-state index in [1.165, 1.54) is 0 Å². The molecule has 0 radical (unpaired) electrons. The zero-order chi connectivity index (χ0) is 16.2. The minimum atomic E-state index is -0.248. The molecule has 23 heavy (non-hydrogen) atoms. The lowest BCUT2D eigenvalue weighted by atomic mass is 10.3. The predicted molar refractivity (Wildman–Crippen MR) is 86.8 cm³/mol. The van der Waals surface area contributed by atoms with Crippen LogP contribution < -0.4 is 5.32 Å². The van der Waals surface area contributed by atoms with Gasteiger partial charge in [0.15, 0.2) is 5.76 Å². The summed E-state index contributed by atoms with van der Waals surface area (Å²) in [6.45, 7) is 3.66. The molecule has 3 aromatic rings. The molecule has 0 aliphatic rings. The van der Waals surface area contributed by atoms with Crippen molar-refractivity contribution in [1.29, 1.82) is 0 Å². The summed E-state index contributed by atoms with van der Waals surface area (Å²) in [4.78, 5) is 12.1. The molecular formula is C15H16BrN5O2. The smallest absolute Gasteiger partial charge is 0.287 e. The highest BCUT2D eigenvalue weighted by Crippen LogP contribution is 2.12. The van der Waals surface area contributed by atoms with Crippen LogP contribution in [0.1, 0.15) is 28.9 Å². The second-order valence-electron chi connectivity index (χ2n) is 4.94. The van der Waals surface area contributed by atoms with Gasteiger partial charge in [0.1, 0.15) is 5.76 Å². The highest BCUT2D eigenvalue weighted by molar-refractivity contribution is 9.10. The van der Waals surface area contributed by atoms with Crippen molar-refractivity contribution in [2.24, 2.45) is 0 Å². The molecule has 3 aromatic heterocycles. The molecule has 0 atom stereocenters. The van der Waals surface area contributed by atoms with Crippen LogP contribution in [0, 0.1) is 0 Å². The molecule has 0 saturated carbocycles. The zero-order valence-corrected chi connectivity index (χ0v) is 14.2. The SMILES string of the molecule is CCn1nccc1CNC(=O)c1ccc(Cn2cc(Br)cn2)o1. The van der Waals surface area contributed by atoms with Gasteiger partial charge in [0.05, 0.1) is 29.5 Å². The molecule has 0 bridgehead atoms. The third kappa shape index (κ3) is 3.70.